The molecule has 5 rings (SSSR count). The van der Waals surface area contributed by atoms with Gasteiger partial charge in [0.05, 0.1) is 19.1 Å². The van der Waals surface area contributed by atoms with Gasteiger partial charge in [-0.05, 0) is 50.2 Å². The number of hydrogen-bond acceptors (Lipinski definition) is 6. The molecule has 6 nitrogen and oxygen atoms in total. The fourth-order valence-electron chi connectivity index (χ4n) is 5.76. The van der Waals surface area contributed by atoms with Gasteiger partial charge in [0.2, 0.25) is 11.4 Å². The van der Waals surface area contributed by atoms with Gasteiger partial charge in [-0.15, -0.1) is 0 Å². The summed E-state index contributed by atoms with van der Waals surface area (Å²) in [6, 6.07) is 3.66. The van der Waals surface area contributed by atoms with Gasteiger partial charge in [-0.25, -0.2) is 0 Å². The zero-order chi connectivity index (χ0) is 17.6. The maximum Gasteiger partial charge on any atom is 0.206 e. The topological polar surface area (TPSA) is 79.2 Å². The van der Waals surface area contributed by atoms with Crippen LogP contribution >= 0.6 is 0 Å². The van der Waals surface area contributed by atoms with Crippen LogP contribution < -0.4 is 9.47 Å². The van der Waals surface area contributed by atoms with E-state index < -0.39 is 23.2 Å². The Labute approximate surface area is 145 Å². The zero-order valence-corrected chi connectivity index (χ0v) is 14.3. The number of aliphatic hydroxyl groups excluding tert-OH is 1. The lowest BCUT2D eigenvalue weighted by molar-refractivity contribution is -0.184. The van der Waals surface area contributed by atoms with E-state index in [9.17, 15) is 15.0 Å². The molecule has 0 radical (unpaired) electrons. The maximum absolute atomic E-state index is 13.0. The van der Waals surface area contributed by atoms with Gasteiger partial charge in [0.25, 0.3) is 0 Å². The van der Waals surface area contributed by atoms with Crippen LogP contribution in [-0.4, -0.2) is 65.4 Å². The molecule has 4 aliphatic rings. The molecule has 1 aromatic rings. The van der Waals surface area contributed by atoms with Crippen LogP contribution in [0, 0.1) is 0 Å². The molecule has 2 N–H and O–H groups in total. The number of aliphatic hydroxyl groups is 2. The lowest BCUT2D eigenvalue weighted by Crippen LogP contribution is -2.79. The summed E-state index contributed by atoms with van der Waals surface area (Å²) in [6.45, 7) is 0.238. The highest BCUT2D eigenvalue weighted by molar-refractivity contribution is 6.02. The van der Waals surface area contributed by atoms with Gasteiger partial charge in [-0.1, -0.05) is 6.07 Å². The minimum atomic E-state index is -1.50. The molecule has 1 fully saturated rings. The van der Waals surface area contributed by atoms with Crippen molar-refractivity contribution in [2.45, 2.75) is 35.5 Å². The van der Waals surface area contributed by atoms with Gasteiger partial charge < -0.3 is 19.7 Å². The third-order valence-corrected chi connectivity index (χ3v) is 6.91. The molecule has 0 aromatic heterocycles. The van der Waals surface area contributed by atoms with E-state index in [1.54, 1.807) is 13.2 Å². The molecule has 1 spiro atoms. The lowest BCUT2D eigenvalue weighted by atomic mass is 9.47. The monoisotopic (exact) mass is 343 g/mol. The number of rotatable bonds is 2. The second-order valence-electron chi connectivity index (χ2n) is 7.60. The molecule has 0 amide bonds. The number of carbonyl (C=O) groups excluding carboxylic acids is 1. The molecule has 4 atom stereocenters. The Morgan fingerprint density at radius 3 is 2.96 bits per heavy atom. The average molecular weight is 343 g/mol. The molecule has 2 heterocycles. The molecule has 25 heavy (non-hydrogen) atoms. The van der Waals surface area contributed by atoms with Crippen molar-refractivity contribution >= 4 is 5.78 Å². The lowest BCUT2D eigenvalue weighted by Gasteiger charge is -2.62. The third kappa shape index (κ3) is 1.36. The number of hydrogen-bond donors (Lipinski definition) is 2. The first-order valence-corrected chi connectivity index (χ1v) is 8.62. The highest BCUT2D eigenvalue weighted by Gasteiger charge is 2.78. The van der Waals surface area contributed by atoms with E-state index in [-0.39, 0.29) is 11.8 Å². The summed E-state index contributed by atoms with van der Waals surface area (Å²) in [5.41, 5.74) is -1.88. The molecule has 2 bridgehead atoms. The Morgan fingerprint density at radius 2 is 2.24 bits per heavy atom. The molecule has 132 valence electrons. The number of ketones is 1. The maximum atomic E-state index is 13.0. The molecule has 0 saturated carbocycles. The van der Waals surface area contributed by atoms with E-state index in [1.807, 2.05) is 19.2 Å². The standard InChI is InChI=1S/C19H21NO5/c1-20-8-7-17-15-11-3-4-12(24-2)16(15)25-19(17,10-21)14(22)5-6-18(17,23)13(20)9-11/h3-6,13,21,23H,7-10H2,1-2H3. The fourth-order valence-corrected chi connectivity index (χ4v) is 5.76. The molecular weight excluding hydrogens is 322 g/mol. The number of nitrogens with zero attached hydrogens (tertiary/aromatic N) is 1. The van der Waals surface area contributed by atoms with E-state index in [0.29, 0.717) is 24.3 Å². The Balaban J connectivity index is 1.93. The summed E-state index contributed by atoms with van der Waals surface area (Å²) >= 11 is 0. The van der Waals surface area contributed by atoms with Gasteiger partial charge in [0.15, 0.2) is 11.5 Å². The van der Waals surface area contributed by atoms with Crippen LogP contribution in [0.4, 0.5) is 0 Å². The minimum Gasteiger partial charge on any atom is -0.493 e. The van der Waals surface area contributed by atoms with E-state index in [1.165, 1.54) is 6.08 Å². The first kappa shape index (κ1) is 15.4. The minimum absolute atomic E-state index is 0.174. The van der Waals surface area contributed by atoms with E-state index in [2.05, 4.69) is 4.90 Å². The van der Waals surface area contributed by atoms with Crippen molar-refractivity contribution in [1.29, 1.82) is 0 Å². The number of likely N-dealkylation sites (N-methyl/N-ethyl adjacent to an activating group) is 1. The second kappa shape index (κ2) is 4.44. The number of methoxy groups -OCH3 is 1. The van der Waals surface area contributed by atoms with Crippen molar-refractivity contribution in [1.82, 2.24) is 4.90 Å². The Hall–Kier alpha value is -1.89. The Bertz CT molecular complexity index is 835. The molecular formula is C19H21NO5. The predicted molar refractivity (Wildman–Crippen MR) is 89.0 cm³/mol. The SMILES string of the molecule is COc1ccc2c3c1OC1(CO)C(=O)C=CC4(O)C(C2)N(C)CCC314. The number of ether oxygens (including phenoxy) is 2. The van der Waals surface area contributed by atoms with Crippen LogP contribution in [0.1, 0.15) is 17.5 Å². The number of benzene rings is 1. The van der Waals surface area contributed by atoms with Gasteiger partial charge in [0, 0.05) is 11.6 Å². The normalized spacial score (nSPS) is 40.6. The second-order valence-corrected chi connectivity index (χ2v) is 7.60. The first-order chi connectivity index (χ1) is 11.9. The van der Waals surface area contributed by atoms with Gasteiger partial charge in [0.1, 0.15) is 5.60 Å². The third-order valence-electron chi connectivity index (χ3n) is 6.91. The van der Waals surface area contributed by atoms with Crippen molar-refractivity contribution in [3.05, 3.63) is 35.4 Å². The smallest absolute Gasteiger partial charge is 0.206 e. The highest BCUT2D eigenvalue weighted by Crippen LogP contribution is 2.67. The summed E-state index contributed by atoms with van der Waals surface area (Å²) in [4.78, 5) is 15.1. The average Bonchev–Trinajstić information content (AvgIpc) is 2.93. The van der Waals surface area contributed by atoms with Crippen LogP contribution in [0.25, 0.3) is 0 Å². The highest BCUT2D eigenvalue weighted by atomic mass is 16.5. The van der Waals surface area contributed by atoms with Crippen molar-refractivity contribution in [2.75, 3.05) is 27.3 Å². The van der Waals surface area contributed by atoms with Gasteiger partial charge in [-0.2, -0.15) is 0 Å². The van der Waals surface area contributed by atoms with Crippen LogP contribution in [0.5, 0.6) is 11.5 Å². The molecule has 6 heteroatoms. The first-order valence-electron chi connectivity index (χ1n) is 8.62. The zero-order valence-electron chi connectivity index (χ0n) is 14.3. The molecule has 4 unspecified atom stereocenters. The van der Waals surface area contributed by atoms with Crippen LogP contribution in [-0.2, 0) is 16.6 Å². The summed E-state index contributed by atoms with van der Waals surface area (Å²) in [6.07, 6.45) is 4.19. The van der Waals surface area contributed by atoms with Crippen molar-refractivity contribution in [3.63, 3.8) is 0 Å². The van der Waals surface area contributed by atoms with Crippen molar-refractivity contribution in [3.8, 4) is 11.5 Å². The summed E-state index contributed by atoms with van der Waals surface area (Å²) < 4.78 is 11.7. The van der Waals surface area contributed by atoms with Gasteiger partial charge >= 0.3 is 0 Å². The van der Waals surface area contributed by atoms with E-state index >= 15 is 0 Å². The Morgan fingerprint density at radius 1 is 1.44 bits per heavy atom. The fraction of sp³-hybridized carbons (Fsp3) is 0.526. The number of piperidine rings is 1. The van der Waals surface area contributed by atoms with E-state index in [0.717, 1.165) is 17.7 Å². The van der Waals surface area contributed by atoms with Gasteiger partial charge in [-0.3, -0.25) is 9.69 Å². The van der Waals surface area contributed by atoms with Crippen LogP contribution in [0.2, 0.25) is 0 Å². The summed E-state index contributed by atoms with van der Waals surface area (Å²) in [7, 11) is 3.55. The van der Waals surface area contributed by atoms with E-state index in [4.69, 9.17) is 9.47 Å². The Kier molecular flexibility index (Phi) is 2.73. The molecule has 1 saturated heterocycles. The quantitative estimate of drug-likeness (QED) is 0.798. The largest absolute Gasteiger partial charge is 0.493 e. The number of carbonyl (C=O) groups is 1. The van der Waals surface area contributed by atoms with Crippen LogP contribution in [0.3, 0.4) is 0 Å². The van der Waals surface area contributed by atoms with Crippen molar-refractivity contribution < 1.29 is 24.5 Å². The molecule has 2 aliphatic carbocycles. The summed E-state index contributed by atoms with van der Waals surface area (Å²) in [5, 5.41) is 22.2. The number of likely N-dealkylation sites (tertiary alicyclic amines) is 1. The summed E-state index contributed by atoms with van der Waals surface area (Å²) in [5.74, 6) is 0.726. The molecule has 2 aliphatic heterocycles. The predicted octanol–water partition coefficient (Wildman–Crippen LogP) is 0.187. The molecule has 1 aromatic carbocycles. The van der Waals surface area contributed by atoms with Crippen LogP contribution in [0.15, 0.2) is 24.3 Å². The van der Waals surface area contributed by atoms with Crippen molar-refractivity contribution in [2.24, 2.45) is 0 Å².